The average molecular weight is 362 g/mol. The van der Waals surface area contributed by atoms with Crippen molar-refractivity contribution in [3.63, 3.8) is 0 Å². The summed E-state index contributed by atoms with van der Waals surface area (Å²) in [6.45, 7) is 5.02. The normalized spacial score (nSPS) is 23.8. The molecule has 0 aromatic heterocycles. The molecule has 1 saturated carbocycles. The van der Waals surface area contributed by atoms with Crippen molar-refractivity contribution in [1.82, 2.24) is 5.32 Å². The summed E-state index contributed by atoms with van der Waals surface area (Å²) in [5.74, 6) is 1.81. The highest BCUT2D eigenvalue weighted by Gasteiger charge is 2.28. The van der Waals surface area contributed by atoms with E-state index in [-0.39, 0.29) is 24.4 Å². The molecular weight excluding hydrogens is 330 g/mol. The van der Waals surface area contributed by atoms with Gasteiger partial charge in [-0.05, 0) is 42.5 Å². The minimum absolute atomic E-state index is 0.0192. The number of nitrogens with one attached hydrogen (secondary N) is 3. The van der Waals surface area contributed by atoms with Crippen LogP contribution in [0.1, 0.15) is 33.1 Å². The highest BCUT2D eigenvalue weighted by atomic mass is 16.5. The summed E-state index contributed by atoms with van der Waals surface area (Å²) in [4.78, 5) is 25.3. The van der Waals surface area contributed by atoms with Crippen molar-refractivity contribution in [2.24, 2.45) is 11.8 Å². The Morgan fingerprint density at radius 2 is 1.77 bits per heavy atom. The fourth-order valence-corrected chi connectivity index (χ4v) is 3.53. The molecule has 0 heterocycles. The van der Waals surface area contributed by atoms with E-state index in [4.69, 9.17) is 4.74 Å². The second kappa shape index (κ2) is 9.57. The first-order valence-electron chi connectivity index (χ1n) is 9.43. The maximum atomic E-state index is 12.3. The van der Waals surface area contributed by atoms with E-state index in [1.54, 1.807) is 31.4 Å². The Bertz CT molecular complexity index is 603. The van der Waals surface area contributed by atoms with Gasteiger partial charge >= 0.3 is 0 Å². The molecule has 3 N–H and O–H groups in total. The summed E-state index contributed by atoms with van der Waals surface area (Å²) in [6, 6.07) is 7.44. The van der Waals surface area contributed by atoms with Crippen LogP contribution < -0.4 is 20.3 Å². The zero-order chi connectivity index (χ0) is 19.1. The smallest absolute Gasteiger partial charge is 0.279 e. The lowest BCUT2D eigenvalue weighted by Gasteiger charge is -2.34. The second-order valence-corrected chi connectivity index (χ2v) is 7.53. The number of likely N-dealkylation sites (N-methyl/N-ethyl adjacent to an activating group) is 1. The molecule has 26 heavy (non-hydrogen) atoms. The highest BCUT2D eigenvalue weighted by Crippen LogP contribution is 2.29. The fourth-order valence-electron chi connectivity index (χ4n) is 3.53. The van der Waals surface area contributed by atoms with E-state index < -0.39 is 0 Å². The molecule has 0 bridgehead atoms. The molecule has 1 unspecified atom stereocenters. The van der Waals surface area contributed by atoms with Crippen molar-refractivity contribution in [3.8, 4) is 5.75 Å². The Morgan fingerprint density at radius 3 is 2.42 bits per heavy atom. The highest BCUT2D eigenvalue weighted by molar-refractivity contribution is 5.91. The van der Waals surface area contributed by atoms with Crippen LogP contribution in [-0.2, 0) is 9.59 Å². The summed E-state index contributed by atoms with van der Waals surface area (Å²) in [5, 5.41) is 6.00. The van der Waals surface area contributed by atoms with Gasteiger partial charge in [-0.1, -0.05) is 26.7 Å². The Labute approximate surface area is 156 Å². The maximum absolute atomic E-state index is 12.3. The molecule has 0 spiro atoms. The Kier molecular flexibility index (Phi) is 7.45. The van der Waals surface area contributed by atoms with Gasteiger partial charge in [0.15, 0.2) is 13.1 Å². The molecule has 0 radical (unpaired) electrons. The molecule has 0 saturated heterocycles. The number of hydrogen-bond acceptors (Lipinski definition) is 3. The predicted molar refractivity (Wildman–Crippen MR) is 102 cm³/mol. The SMILES string of the molecule is COc1ccc(NC(=O)C[NH+](C)CC(=O)N[C@@H]2CCC[C@@H](C)[C@H]2C)cc1. The van der Waals surface area contributed by atoms with Crippen LogP contribution in [0.3, 0.4) is 0 Å². The van der Waals surface area contributed by atoms with Crippen molar-refractivity contribution < 1.29 is 19.2 Å². The van der Waals surface area contributed by atoms with E-state index in [2.05, 4.69) is 24.5 Å². The third-order valence-electron chi connectivity index (χ3n) is 5.35. The monoisotopic (exact) mass is 362 g/mol. The fraction of sp³-hybridized carbons (Fsp3) is 0.600. The van der Waals surface area contributed by atoms with Crippen LogP contribution >= 0.6 is 0 Å². The summed E-state index contributed by atoms with van der Waals surface area (Å²) >= 11 is 0. The minimum Gasteiger partial charge on any atom is -0.497 e. The van der Waals surface area contributed by atoms with Crippen LogP contribution in [0.2, 0.25) is 0 Å². The number of benzene rings is 1. The van der Waals surface area contributed by atoms with Crippen molar-refractivity contribution in [1.29, 1.82) is 0 Å². The maximum Gasteiger partial charge on any atom is 0.279 e. The van der Waals surface area contributed by atoms with Gasteiger partial charge in [0.25, 0.3) is 11.8 Å². The topological polar surface area (TPSA) is 71.9 Å². The van der Waals surface area contributed by atoms with Crippen molar-refractivity contribution in [2.45, 2.75) is 39.2 Å². The van der Waals surface area contributed by atoms with Gasteiger partial charge in [-0.2, -0.15) is 0 Å². The zero-order valence-corrected chi connectivity index (χ0v) is 16.3. The lowest BCUT2D eigenvalue weighted by molar-refractivity contribution is -0.862. The summed E-state index contributed by atoms with van der Waals surface area (Å²) in [7, 11) is 3.46. The first-order chi connectivity index (χ1) is 12.4. The lowest BCUT2D eigenvalue weighted by atomic mass is 9.78. The summed E-state index contributed by atoms with van der Waals surface area (Å²) < 4.78 is 5.10. The molecule has 144 valence electrons. The van der Waals surface area contributed by atoms with Crippen molar-refractivity contribution in [2.75, 3.05) is 32.6 Å². The van der Waals surface area contributed by atoms with E-state index in [0.717, 1.165) is 22.8 Å². The molecular formula is C20H32N3O3+. The number of hydrogen-bond donors (Lipinski definition) is 3. The van der Waals surface area contributed by atoms with Gasteiger partial charge < -0.3 is 20.3 Å². The van der Waals surface area contributed by atoms with E-state index >= 15 is 0 Å². The third kappa shape index (κ3) is 6.02. The van der Waals surface area contributed by atoms with Gasteiger partial charge in [0, 0.05) is 11.7 Å². The molecule has 1 aliphatic rings. The van der Waals surface area contributed by atoms with Crippen molar-refractivity contribution in [3.05, 3.63) is 24.3 Å². The predicted octanol–water partition coefficient (Wildman–Crippen LogP) is 1.09. The molecule has 1 aromatic carbocycles. The lowest BCUT2D eigenvalue weighted by Crippen LogP contribution is -3.11. The molecule has 1 aromatic rings. The molecule has 2 amide bonds. The molecule has 1 aliphatic carbocycles. The van der Waals surface area contributed by atoms with Crippen LogP contribution in [0.15, 0.2) is 24.3 Å². The molecule has 1 fully saturated rings. The molecule has 4 atom stereocenters. The minimum atomic E-state index is -0.111. The second-order valence-electron chi connectivity index (χ2n) is 7.53. The van der Waals surface area contributed by atoms with Crippen LogP contribution in [0.4, 0.5) is 5.69 Å². The molecule has 6 heteroatoms. The van der Waals surface area contributed by atoms with E-state index in [9.17, 15) is 9.59 Å². The van der Waals surface area contributed by atoms with Gasteiger partial charge in [-0.25, -0.2) is 0 Å². The number of rotatable bonds is 7. The number of anilines is 1. The molecule has 2 rings (SSSR count). The first-order valence-corrected chi connectivity index (χ1v) is 9.43. The zero-order valence-electron chi connectivity index (χ0n) is 16.3. The van der Waals surface area contributed by atoms with Crippen LogP contribution in [0.5, 0.6) is 5.75 Å². The van der Waals surface area contributed by atoms with Gasteiger partial charge in [0.2, 0.25) is 0 Å². The number of quaternary nitrogens is 1. The van der Waals surface area contributed by atoms with Gasteiger partial charge in [-0.15, -0.1) is 0 Å². The quantitative estimate of drug-likeness (QED) is 0.680. The Hall–Kier alpha value is -2.08. The largest absolute Gasteiger partial charge is 0.497 e. The van der Waals surface area contributed by atoms with Crippen molar-refractivity contribution >= 4 is 17.5 Å². The van der Waals surface area contributed by atoms with Crippen LogP contribution in [0.25, 0.3) is 0 Å². The first kappa shape index (κ1) is 20.2. The average Bonchev–Trinajstić information content (AvgIpc) is 2.59. The summed E-state index contributed by atoms with van der Waals surface area (Å²) in [6.07, 6.45) is 3.46. The standard InChI is InChI=1S/C20H31N3O3/c1-14-6-5-7-18(15(14)2)22-20(25)13-23(3)12-19(24)21-16-8-10-17(26-4)11-9-16/h8-11,14-15,18H,5-7,12-13H2,1-4H3,(H,21,24)(H,22,25)/p+1/t14-,15-,18-/m1/s1. The van der Waals surface area contributed by atoms with E-state index in [1.807, 2.05) is 7.05 Å². The van der Waals surface area contributed by atoms with E-state index in [1.165, 1.54) is 12.8 Å². The van der Waals surface area contributed by atoms with Gasteiger partial charge in [-0.3, -0.25) is 9.59 Å². The van der Waals surface area contributed by atoms with Gasteiger partial charge in [0.1, 0.15) is 5.75 Å². The van der Waals surface area contributed by atoms with Crippen LogP contribution in [0, 0.1) is 11.8 Å². The number of carbonyl (C=O) groups excluding carboxylic acids is 2. The number of amides is 2. The Balaban J connectivity index is 1.75. The number of ether oxygens (including phenoxy) is 1. The Morgan fingerprint density at radius 1 is 1.12 bits per heavy atom. The van der Waals surface area contributed by atoms with E-state index in [0.29, 0.717) is 18.4 Å². The number of carbonyl (C=O) groups is 2. The third-order valence-corrected chi connectivity index (χ3v) is 5.35. The van der Waals surface area contributed by atoms with Crippen LogP contribution in [-0.4, -0.2) is 45.1 Å². The summed E-state index contributed by atoms with van der Waals surface area (Å²) in [5.41, 5.74) is 0.720. The molecule has 6 nitrogen and oxygen atoms in total. The molecule has 0 aliphatic heterocycles. The van der Waals surface area contributed by atoms with Gasteiger partial charge in [0.05, 0.1) is 14.2 Å². The number of methoxy groups -OCH3 is 1.